The third-order valence-electron chi connectivity index (χ3n) is 3.66. The van der Waals surface area contributed by atoms with Crippen LogP contribution in [0.5, 0.6) is 0 Å². The summed E-state index contributed by atoms with van der Waals surface area (Å²) in [4.78, 5) is 29.5. The van der Waals surface area contributed by atoms with E-state index in [0.29, 0.717) is 24.3 Å². The summed E-state index contributed by atoms with van der Waals surface area (Å²) < 4.78 is 4.54. The molecule has 7 nitrogen and oxygen atoms in total. The monoisotopic (exact) mass is 307 g/mol. The van der Waals surface area contributed by atoms with Crippen molar-refractivity contribution in [2.45, 2.75) is 59.2 Å². The Morgan fingerprint density at radius 3 is 2.27 bits per heavy atom. The van der Waals surface area contributed by atoms with Gasteiger partial charge >= 0.3 is 5.69 Å². The topological polar surface area (TPSA) is 87.8 Å². The molecule has 0 spiro atoms. The molecule has 0 aliphatic heterocycles. The Hall–Kier alpha value is -1.89. The van der Waals surface area contributed by atoms with Crippen LogP contribution in [-0.4, -0.2) is 24.2 Å². The first-order valence-electron chi connectivity index (χ1n) is 7.57. The van der Waals surface area contributed by atoms with Crippen LogP contribution < -0.4 is 17.0 Å². The molecule has 0 aliphatic carbocycles. The fraction of sp³-hybridized carbons (Fsp3) is 0.667. The summed E-state index contributed by atoms with van der Waals surface area (Å²) in [6.07, 6.45) is 0. The van der Waals surface area contributed by atoms with E-state index in [1.165, 1.54) is 9.13 Å². The van der Waals surface area contributed by atoms with Crippen LogP contribution in [0.2, 0.25) is 0 Å². The van der Waals surface area contributed by atoms with Crippen LogP contribution in [-0.2, 0) is 20.1 Å². The Kier molecular flexibility index (Phi) is 4.04. The third kappa shape index (κ3) is 2.61. The van der Waals surface area contributed by atoms with Crippen LogP contribution in [0.25, 0.3) is 11.2 Å². The van der Waals surface area contributed by atoms with Gasteiger partial charge in [0.15, 0.2) is 11.2 Å². The fourth-order valence-electron chi connectivity index (χ4n) is 2.68. The Balaban J connectivity index is 2.97. The van der Waals surface area contributed by atoms with Crippen molar-refractivity contribution >= 4 is 11.2 Å². The van der Waals surface area contributed by atoms with Crippen LogP contribution in [0.4, 0.5) is 0 Å². The first-order valence-corrected chi connectivity index (χ1v) is 7.57. The molecule has 0 saturated heterocycles. The lowest BCUT2D eigenvalue weighted by Gasteiger charge is -2.22. The van der Waals surface area contributed by atoms with Gasteiger partial charge in [0.1, 0.15) is 5.82 Å². The number of imidazole rings is 1. The maximum absolute atomic E-state index is 12.7. The molecule has 0 amide bonds. The number of hydrogen-bond donors (Lipinski definition) is 1. The molecule has 0 unspecified atom stereocenters. The second kappa shape index (κ2) is 5.39. The summed E-state index contributed by atoms with van der Waals surface area (Å²) in [5.74, 6) is 0.897. The molecule has 0 saturated carbocycles. The smallest absolute Gasteiger partial charge is 0.324 e. The maximum atomic E-state index is 12.7. The lowest BCUT2D eigenvalue weighted by atomic mass is 10.1. The van der Waals surface area contributed by atoms with Crippen molar-refractivity contribution in [2.75, 3.05) is 0 Å². The predicted octanol–water partition coefficient (Wildman–Crippen LogP) is 0.777. The average molecular weight is 307 g/mol. The van der Waals surface area contributed by atoms with E-state index in [9.17, 15) is 9.59 Å². The van der Waals surface area contributed by atoms with Crippen molar-refractivity contribution in [2.24, 2.45) is 12.8 Å². The standard InChI is InChI=1S/C15H25N5O2/c1-7-19-13(21)10-12(18(6)14(19)22)17-11(9(2)3)20(10)8-15(4,5)16/h9H,7-8,16H2,1-6H3. The zero-order valence-electron chi connectivity index (χ0n) is 14.2. The molecule has 0 fully saturated rings. The number of aromatic nitrogens is 4. The van der Waals surface area contributed by atoms with Gasteiger partial charge in [-0.1, -0.05) is 13.8 Å². The normalized spacial score (nSPS) is 12.5. The van der Waals surface area contributed by atoms with Crippen LogP contribution in [0.1, 0.15) is 46.4 Å². The van der Waals surface area contributed by atoms with Crippen molar-refractivity contribution in [1.82, 2.24) is 18.7 Å². The summed E-state index contributed by atoms with van der Waals surface area (Å²) in [6, 6.07) is 0. The number of nitrogens with two attached hydrogens (primary N) is 1. The second-order valence-electron chi connectivity index (χ2n) is 6.76. The van der Waals surface area contributed by atoms with Gasteiger partial charge in [-0.2, -0.15) is 0 Å². The minimum absolute atomic E-state index is 0.124. The number of aryl methyl sites for hydroxylation is 1. The molecule has 0 atom stereocenters. The van der Waals surface area contributed by atoms with Gasteiger partial charge in [0.05, 0.1) is 0 Å². The molecule has 122 valence electrons. The highest BCUT2D eigenvalue weighted by atomic mass is 16.2. The van der Waals surface area contributed by atoms with Crippen LogP contribution in [0, 0.1) is 0 Å². The average Bonchev–Trinajstić information content (AvgIpc) is 2.74. The van der Waals surface area contributed by atoms with Gasteiger partial charge in [-0.05, 0) is 20.8 Å². The van der Waals surface area contributed by atoms with Crippen molar-refractivity contribution in [3.63, 3.8) is 0 Å². The van der Waals surface area contributed by atoms with E-state index in [4.69, 9.17) is 5.73 Å². The highest BCUT2D eigenvalue weighted by molar-refractivity contribution is 5.71. The first-order chi connectivity index (χ1) is 10.1. The van der Waals surface area contributed by atoms with Gasteiger partial charge in [0, 0.05) is 31.6 Å². The van der Waals surface area contributed by atoms with E-state index in [0.717, 1.165) is 5.82 Å². The zero-order valence-corrected chi connectivity index (χ0v) is 14.2. The maximum Gasteiger partial charge on any atom is 0.332 e. The van der Waals surface area contributed by atoms with Gasteiger partial charge in [-0.15, -0.1) is 0 Å². The lowest BCUT2D eigenvalue weighted by Crippen LogP contribution is -2.41. The number of hydrogen-bond acceptors (Lipinski definition) is 4. The molecular weight excluding hydrogens is 282 g/mol. The molecule has 2 aromatic heterocycles. The van der Waals surface area contributed by atoms with E-state index in [1.54, 1.807) is 14.0 Å². The van der Waals surface area contributed by atoms with Crippen molar-refractivity contribution in [3.8, 4) is 0 Å². The first kappa shape index (κ1) is 16.5. The van der Waals surface area contributed by atoms with Crippen molar-refractivity contribution in [3.05, 3.63) is 26.7 Å². The molecule has 0 bridgehead atoms. The molecule has 0 radical (unpaired) electrons. The third-order valence-corrected chi connectivity index (χ3v) is 3.66. The largest absolute Gasteiger partial charge is 0.332 e. The fourth-order valence-corrected chi connectivity index (χ4v) is 2.68. The molecule has 2 N–H and O–H groups in total. The molecule has 2 rings (SSSR count). The minimum Gasteiger partial charge on any atom is -0.324 e. The molecule has 0 aliphatic rings. The van der Waals surface area contributed by atoms with Crippen LogP contribution >= 0.6 is 0 Å². The highest BCUT2D eigenvalue weighted by Gasteiger charge is 2.24. The Labute approximate surface area is 129 Å². The molecule has 7 heteroatoms. The summed E-state index contributed by atoms with van der Waals surface area (Å²) in [5, 5.41) is 0. The van der Waals surface area contributed by atoms with Crippen LogP contribution in [0.15, 0.2) is 9.59 Å². The molecular formula is C15H25N5O2. The van der Waals surface area contributed by atoms with Gasteiger partial charge in [-0.3, -0.25) is 13.9 Å². The van der Waals surface area contributed by atoms with E-state index in [-0.39, 0.29) is 17.2 Å². The second-order valence-corrected chi connectivity index (χ2v) is 6.76. The molecule has 2 heterocycles. The van der Waals surface area contributed by atoms with Crippen molar-refractivity contribution < 1.29 is 0 Å². The van der Waals surface area contributed by atoms with Gasteiger partial charge in [-0.25, -0.2) is 9.78 Å². The Morgan fingerprint density at radius 1 is 1.23 bits per heavy atom. The van der Waals surface area contributed by atoms with Gasteiger partial charge in [0.25, 0.3) is 5.56 Å². The molecule has 0 aromatic carbocycles. The van der Waals surface area contributed by atoms with Crippen LogP contribution in [0.3, 0.4) is 0 Å². The van der Waals surface area contributed by atoms with E-state index in [1.807, 2.05) is 32.3 Å². The van der Waals surface area contributed by atoms with E-state index >= 15 is 0 Å². The summed E-state index contributed by atoms with van der Waals surface area (Å²) in [5.41, 5.74) is 5.89. The summed E-state index contributed by atoms with van der Waals surface area (Å²) in [6.45, 7) is 10.4. The van der Waals surface area contributed by atoms with E-state index < -0.39 is 5.54 Å². The minimum atomic E-state index is -0.491. The predicted molar refractivity (Wildman–Crippen MR) is 87.3 cm³/mol. The Bertz CT molecular complexity index is 818. The lowest BCUT2D eigenvalue weighted by molar-refractivity contribution is 0.426. The van der Waals surface area contributed by atoms with Gasteiger partial charge in [0.2, 0.25) is 0 Å². The quantitative estimate of drug-likeness (QED) is 0.904. The van der Waals surface area contributed by atoms with E-state index in [2.05, 4.69) is 4.98 Å². The van der Waals surface area contributed by atoms with Crippen molar-refractivity contribution in [1.29, 1.82) is 0 Å². The Morgan fingerprint density at radius 2 is 1.82 bits per heavy atom. The molecule has 22 heavy (non-hydrogen) atoms. The number of nitrogens with zero attached hydrogens (tertiary/aromatic N) is 4. The number of fused-ring (bicyclic) bond motifs is 1. The summed E-state index contributed by atoms with van der Waals surface area (Å²) in [7, 11) is 1.64. The number of rotatable bonds is 4. The molecule has 2 aromatic rings. The highest BCUT2D eigenvalue weighted by Crippen LogP contribution is 2.20. The summed E-state index contributed by atoms with van der Waals surface area (Å²) >= 11 is 0. The SMILES string of the molecule is CCn1c(=O)c2c(nc(C(C)C)n2CC(C)(C)N)n(C)c1=O. The zero-order chi connectivity index (χ0) is 16.8. The van der Waals surface area contributed by atoms with Gasteiger partial charge < -0.3 is 10.3 Å².